The zero-order chi connectivity index (χ0) is 24.5. The Bertz CT molecular complexity index is 1280. The molecule has 3 aromatic rings. The molecule has 3 aromatic carbocycles. The first-order chi connectivity index (χ1) is 16.4. The zero-order valence-corrected chi connectivity index (χ0v) is 19.4. The van der Waals surface area contributed by atoms with Gasteiger partial charge in [0.25, 0.3) is 17.5 Å². The highest BCUT2D eigenvalue weighted by Crippen LogP contribution is 2.34. The Balaban J connectivity index is 0.00000432. The van der Waals surface area contributed by atoms with Gasteiger partial charge in [0.2, 0.25) is 0 Å². The number of carbonyl (C=O) groups excluding carboxylic acids is 2. The molecule has 12 nitrogen and oxygen atoms in total. The molecule has 0 aromatic heterocycles. The molecule has 13 heteroatoms. The third-order valence-corrected chi connectivity index (χ3v) is 5.01. The minimum Gasteiger partial charge on any atom is -0.870 e. The number of halogens is 1. The summed E-state index contributed by atoms with van der Waals surface area (Å²) in [5.41, 5.74) is 2.95. The molecule has 0 fully saturated rings. The summed E-state index contributed by atoms with van der Waals surface area (Å²) in [7, 11) is 0. The Kier molecular flexibility index (Phi) is 9.69. The Morgan fingerprint density at radius 3 is 2.60 bits per heavy atom. The predicted octanol–water partition coefficient (Wildman–Crippen LogP) is 2.33. The highest BCUT2D eigenvalue weighted by Gasteiger charge is 2.14. The summed E-state index contributed by atoms with van der Waals surface area (Å²) in [6.45, 7) is -0.244. The molecule has 0 saturated carbocycles. The SMILES string of the molecule is O=Nc1cc([N+](=O)[O-])ccc1Oc1cccc(/C=[NH+]/NC(=O)CNC(=O)c2ccccc2Br)c1.[OH-]. The van der Waals surface area contributed by atoms with Gasteiger partial charge in [-0.2, -0.15) is 0 Å². The van der Waals surface area contributed by atoms with Crippen LogP contribution >= 0.6 is 15.9 Å². The molecule has 0 bridgehead atoms. The first-order valence-corrected chi connectivity index (χ1v) is 10.5. The average Bonchev–Trinajstić information content (AvgIpc) is 2.83. The molecule has 0 aliphatic rings. The van der Waals surface area contributed by atoms with Gasteiger partial charge in [-0.3, -0.25) is 19.7 Å². The van der Waals surface area contributed by atoms with Crippen molar-refractivity contribution in [3.8, 4) is 11.5 Å². The first kappa shape index (κ1) is 26.8. The standard InChI is InChI=1S/C22H16BrN5O6.H2O/c23-18-7-2-1-6-17(18)22(30)24-13-21(29)26-25-12-14-4-3-5-16(10-14)34-20-9-8-15(28(32)33)11-19(20)27-31;/h1-12H,13H2,(H,24,30)(H,26,29);1H2/b25-12+;. The second-order valence-corrected chi connectivity index (χ2v) is 7.53. The molecule has 2 amide bonds. The van der Waals surface area contributed by atoms with E-state index < -0.39 is 16.7 Å². The maximum atomic E-state index is 12.1. The summed E-state index contributed by atoms with van der Waals surface area (Å²) in [6.07, 6.45) is 1.48. The van der Waals surface area contributed by atoms with E-state index in [1.54, 1.807) is 48.5 Å². The lowest BCUT2D eigenvalue weighted by Crippen LogP contribution is -2.82. The van der Waals surface area contributed by atoms with E-state index in [9.17, 15) is 24.6 Å². The molecule has 0 spiro atoms. The van der Waals surface area contributed by atoms with Gasteiger partial charge >= 0.3 is 0 Å². The predicted molar refractivity (Wildman–Crippen MR) is 128 cm³/mol. The van der Waals surface area contributed by atoms with Crippen LogP contribution in [-0.2, 0) is 4.79 Å². The molecule has 0 heterocycles. The maximum absolute atomic E-state index is 12.1. The summed E-state index contributed by atoms with van der Waals surface area (Å²) in [5.74, 6) is -0.482. The lowest BCUT2D eigenvalue weighted by molar-refractivity contribution is -0.505. The van der Waals surface area contributed by atoms with Crippen molar-refractivity contribution in [2.45, 2.75) is 0 Å². The van der Waals surface area contributed by atoms with E-state index in [1.807, 2.05) is 0 Å². The molecule has 0 atom stereocenters. The molecule has 4 N–H and O–H groups in total. The number of rotatable bonds is 9. The van der Waals surface area contributed by atoms with Gasteiger partial charge in [-0.25, -0.2) is 0 Å². The van der Waals surface area contributed by atoms with Gasteiger partial charge in [-0.05, 0) is 57.5 Å². The van der Waals surface area contributed by atoms with Gasteiger partial charge in [0.15, 0.2) is 17.7 Å². The van der Waals surface area contributed by atoms with Crippen molar-refractivity contribution in [1.82, 2.24) is 10.7 Å². The number of nitrogens with zero attached hydrogens (tertiary/aromatic N) is 2. The van der Waals surface area contributed by atoms with Crippen molar-refractivity contribution in [3.63, 3.8) is 0 Å². The van der Waals surface area contributed by atoms with Crippen molar-refractivity contribution in [2.75, 3.05) is 6.54 Å². The number of nitro benzene ring substituents is 1. The van der Waals surface area contributed by atoms with E-state index in [1.165, 1.54) is 18.3 Å². The number of non-ortho nitro benzene ring substituents is 1. The number of carbonyl (C=O) groups is 2. The summed E-state index contributed by atoms with van der Waals surface area (Å²) >= 11 is 3.28. The molecule has 0 unspecified atom stereocenters. The average molecular weight is 544 g/mol. The molecule has 35 heavy (non-hydrogen) atoms. The molecule has 3 rings (SSSR count). The van der Waals surface area contributed by atoms with Crippen LogP contribution in [0.15, 0.2) is 76.4 Å². The minimum absolute atomic E-state index is 0. The lowest BCUT2D eigenvalue weighted by atomic mass is 10.2. The fourth-order valence-corrected chi connectivity index (χ4v) is 3.18. The third kappa shape index (κ3) is 7.52. The fraction of sp³-hybridized carbons (Fsp3) is 0.0455. The van der Waals surface area contributed by atoms with E-state index in [-0.39, 0.29) is 29.1 Å². The molecule has 180 valence electrons. The third-order valence-electron chi connectivity index (χ3n) is 4.32. The number of hydrogen-bond donors (Lipinski definition) is 3. The van der Waals surface area contributed by atoms with Crippen molar-refractivity contribution >= 4 is 45.3 Å². The topological polar surface area (TPSA) is 184 Å². The Morgan fingerprint density at radius 1 is 1.11 bits per heavy atom. The van der Waals surface area contributed by atoms with Crippen LogP contribution in [0.1, 0.15) is 15.9 Å². The van der Waals surface area contributed by atoms with Gasteiger partial charge < -0.3 is 15.5 Å². The van der Waals surface area contributed by atoms with Crippen LogP contribution in [0.2, 0.25) is 0 Å². The largest absolute Gasteiger partial charge is 0.870 e. The highest BCUT2D eigenvalue weighted by molar-refractivity contribution is 9.10. The monoisotopic (exact) mass is 543 g/mol. The van der Waals surface area contributed by atoms with E-state index in [4.69, 9.17) is 4.74 Å². The number of hydrogen-bond acceptors (Lipinski definition) is 8. The Labute approximate surface area is 206 Å². The van der Waals surface area contributed by atoms with Crippen molar-refractivity contribution in [1.29, 1.82) is 0 Å². The number of hydrazine groups is 1. The minimum atomic E-state index is -0.639. The number of nitrogens with one attached hydrogen (secondary N) is 3. The quantitative estimate of drug-likeness (QED) is 0.160. The molecule has 0 aliphatic carbocycles. The van der Waals surface area contributed by atoms with Gasteiger partial charge in [0, 0.05) is 22.2 Å². The van der Waals surface area contributed by atoms with Crippen molar-refractivity contribution < 1.29 is 29.8 Å². The van der Waals surface area contributed by atoms with Crippen LogP contribution in [0.3, 0.4) is 0 Å². The van der Waals surface area contributed by atoms with Crippen LogP contribution in [0.25, 0.3) is 0 Å². The van der Waals surface area contributed by atoms with Crippen LogP contribution < -0.4 is 20.6 Å². The number of hydrazone groups is 1. The van der Waals surface area contributed by atoms with Crippen molar-refractivity contribution in [3.05, 3.63) is 97.4 Å². The van der Waals surface area contributed by atoms with E-state index >= 15 is 0 Å². The second kappa shape index (κ2) is 12.7. The Morgan fingerprint density at radius 2 is 1.89 bits per heavy atom. The van der Waals surface area contributed by atoms with Gasteiger partial charge in [-0.15, -0.1) is 15.4 Å². The maximum Gasteiger partial charge on any atom is 0.293 e. The van der Waals surface area contributed by atoms with Crippen LogP contribution in [0, 0.1) is 15.0 Å². The van der Waals surface area contributed by atoms with E-state index in [0.717, 1.165) is 6.07 Å². The zero-order valence-electron chi connectivity index (χ0n) is 17.8. The Hall–Kier alpha value is -4.49. The van der Waals surface area contributed by atoms with Crippen molar-refractivity contribution in [2.24, 2.45) is 5.18 Å². The smallest absolute Gasteiger partial charge is 0.293 e. The first-order valence-electron chi connectivity index (χ1n) is 9.67. The van der Waals surface area contributed by atoms with E-state index in [0.29, 0.717) is 21.3 Å². The number of ether oxygens (including phenoxy) is 1. The number of amides is 2. The van der Waals surface area contributed by atoms with Crippen LogP contribution in [0.4, 0.5) is 11.4 Å². The summed E-state index contributed by atoms with van der Waals surface area (Å²) in [6, 6.07) is 16.9. The summed E-state index contributed by atoms with van der Waals surface area (Å²) in [4.78, 5) is 45.3. The molecular weight excluding hydrogens is 526 g/mol. The van der Waals surface area contributed by atoms with Crippen LogP contribution in [0.5, 0.6) is 11.5 Å². The van der Waals surface area contributed by atoms with Crippen LogP contribution in [-0.4, -0.2) is 35.0 Å². The lowest BCUT2D eigenvalue weighted by Gasteiger charge is -2.07. The van der Waals surface area contributed by atoms with Gasteiger partial charge in [0.1, 0.15) is 12.3 Å². The number of nitroso groups, excluding NO2 is 1. The van der Waals surface area contributed by atoms with Gasteiger partial charge in [0.05, 0.1) is 10.5 Å². The van der Waals surface area contributed by atoms with E-state index in [2.05, 4.69) is 37.0 Å². The fourth-order valence-electron chi connectivity index (χ4n) is 2.72. The molecular formula is C22H18BrN5O7. The molecule has 0 saturated heterocycles. The summed E-state index contributed by atoms with van der Waals surface area (Å²) < 4.78 is 6.23. The highest BCUT2D eigenvalue weighted by atomic mass is 79.9. The second-order valence-electron chi connectivity index (χ2n) is 6.67. The number of nitro groups is 1. The number of benzene rings is 3. The normalized spacial score (nSPS) is 10.2. The molecule has 0 aliphatic heterocycles. The summed E-state index contributed by atoms with van der Waals surface area (Å²) in [5, 5.41) is 18.8. The van der Waals surface area contributed by atoms with Gasteiger partial charge in [-0.1, -0.05) is 18.2 Å². The molecule has 0 radical (unpaired) electrons.